The minimum absolute atomic E-state index is 0.0331. The van der Waals surface area contributed by atoms with Crippen molar-refractivity contribution in [2.45, 2.75) is 76.1 Å². The van der Waals surface area contributed by atoms with Crippen molar-refractivity contribution in [3.05, 3.63) is 42.0 Å². The zero-order chi connectivity index (χ0) is 25.4. The van der Waals surface area contributed by atoms with Crippen molar-refractivity contribution < 1.29 is 19.0 Å². The Morgan fingerprint density at radius 3 is 2.53 bits per heavy atom. The van der Waals surface area contributed by atoms with Gasteiger partial charge in [-0.1, -0.05) is 0 Å². The second-order valence-corrected chi connectivity index (χ2v) is 10.7. The van der Waals surface area contributed by atoms with Crippen molar-refractivity contribution in [3.63, 3.8) is 0 Å². The van der Waals surface area contributed by atoms with E-state index in [1.807, 2.05) is 16.7 Å². The second kappa shape index (κ2) is 9.84. The molecule has 0 bridgehead atoms. The average Bonchev–Trinajstić information content (AvgIpc) is 3.70. The maximum Gasteiger partial charge on any atom is 0.273 e. The van der Waals surface area contributed by atoms with Crippen LogP contribution >= 0.6 is 0 Å². The minimum Gasteiger partial charge on any atom is -0.497 e. The quantitative estimate of drug-likeness (QED) is 0.653. The van der Waals surface area contributed by atoms with Gasteiger partial charge >= 0.3 is 0 Å². The maximum absolute atomic E-state index is 14.6. The molecule has 1 N–H and O–H groups in total. The van der Waals surface area contributed by atoms with Crippen LogP contribution in [0.15, 0.2) is 30.5 Å². The predicted molar refractivity (Wildman–Crippen MR) is 136 cm³/mol. The summed E-state index contributed by atoms with van der Waals surface area (Å²) in [5, 5.41) is 10.4. The molecule has 1 aromatic carbocycles. The van der Waals surface area contributed by atoms with Crippen molar-refractivity contribution in [3.8, 4) is 5.75 Å². The summed E-state index contributed by atoms with van der Waals surface area (Å²) in [6, 6.07) is 7.08. The molecule has 0 spiro atoms. The lowest BCUT2D eigenvalue weighted by Gasteiger charge is -2.41. The molecule has 1 aliphatic heterocycles. The molecule has 2 heterocycles. The van der Waals surface area contributed by atoms with Gasteiger partial charge < -0.3 is 24.5 Å². The van der Waals surface area contributed by atoms with Crippen LogP contribution in [-0.2, 0) is 0 Å². The maximum atomic E-state index is 14.6. The van der Waals surface area contributed by atoms with E-state index < -0.39 is 5.60 Å². The highest BCUT2D eigenvalue weighted by molar-refractivity contribution is 5.93. The number of nitrogens with zero attached hydrogens (tertiary/aromatic N) is 5. The van der Waals surface area contributed by atoms with Crippen LogP contribution in [0, 0.1) is 5.82 Å². The summed E-state index contributed by atoms with van der Waals surface area (Å²) in [6.07, 6.45) is 6.76. The highest BCUT2D eigenvalue weighted by atomic mass is 19.1. The molecule has 0 radical (unpaired) electrons. The summed E-state index contributed by atoms with van der Waals surface area (Å²) in [5.74, 6) is 0.685. The fourth-order valence-corrected chi connectivity index (χ4v) is 5.57. The molecule has 1 saturated heterocycles. The average molecular weight is 498 g/mol. The Labute approximate surface area is 212 Å². The Hall–Kier alpha value is -2.94. The molecule has 3 aliphatic rings. The van der Waals surface area contributed by atoms with E-state index in [1.165, 1.54) is 13.2 Å². The lowest BCUT2D eigenvalue weighted by Crippen LogP contribution is -2.53. The topological polar surface area (TPSA) is 82.0 Å². The van der Waals surface area contributed by atoms with Crippen LogP contribution in [0.3, 0.4) is 0 Å². The highest BCUT2D eigenvalue weighted by Gasteiger charge is 2.41. The highest BCUT2D eigenvalue weighted by Crippen LogP contribution is 2.37. The molecule has 2 aromatic rings. The first-order valence-electron chi connectivity index (χ1n) is 13.0. The summed E-state index contributed by atoms with van der Waals surface area (Å²) in [5.41, 5.74) is 0.336. The normalized spacial score (nSPS) is 26.6. The molecule has 2 aliphatic carbocycles. The van der Waals surface area contributed by atoms with Crippen LogP contribution < -0.4 is 14.5 Å². The van der Waals surface area contributed by atoms with Crippen LogP contribution in [0.4, 0.5) is 16.0 Å². The first-order valence-corrected chi connectivity index (χ1v) is 13.0. The number of ether oxygens (including phenoxy) is 1. The Bertz CT molecular complexity index is 1100. The van der Waals surface area contributed by atoms with Crippen molar-refractivity contribution in [2.75, 3.05) is 36.5 Å². The molecule has 9 heteroatoms. The van der Waals surface area contributed by atoms with Crippen LogP contribution in [0.1, 0.15) is 62.9 Å². The largest absolute Gasteiger partial charge is 0.497 e. The number of carbonyl (C=O) groups excluding carboxylic acids is 1. The first kappa shape index (κ1) is 24.7. The van der Waals surface area contributed by atoms with Crippen LogP contribution in [0.2, 0.25) is 0 Å². The Morgan fingerprint density at radius 2 is 1.89 bits per heavy atom. The SMILES string of the molecule is COc1ccc(N2CCN(c3nccc(C(=O)N(C4CC4)[C@H]4CC[C@@](C)(O)CC4)n3)[C@H](C)C2)c(F)c1. The summed E-state index contributed by atoms with van der Waals surface area (Å²) < 4.78 is 19.8. The number of carbonyl (C=O) groups is 1. The van der Waals surface area contributed by atoms with Gasteiger partial charge in [-0.2, -0.15) is 0 Å². The third-order valence-corrected chi connectivity index (χ3v) is 7.84. The fourth-order valence-electron chi connectivity index (χ4n) is 5.57. The number of hydrogen-bond acceptors (Lipinski definition) is 7. The van der Waals surface area contributed by atoms with E-state index >= 15 is 0 Å². The number of methoxy groups -OCH3 is 1. The van der Waals surface area contributed by atoms with Crippen molar-refractivity contribution >= 4 is 17.5 Å². The number of benzene rings is 1. The molecule has 1 atom stereocenters. The lowest BCUT2D eigenvalue weighted by molar-refractivity contribution is -0.00507. The standard InChI is InChI=1S/C27H36FN5O3/c1-18-17-31(24-7-6-21(36-3)16-22(24)28)14-15-32(18)26-29-13-10-23(30-26)25(34)33(19-4-5-19)20-8-11-27(2,35)12-9-20/h6-7,10,13,16,18-20,35H,4-5,8-9,11-12,14-15,17H2,1-3H3/t18-,20-,27+/m1/s1. The van der Waals surface area contributed by atoms with Gasteiger partial charge in [-0.25, -0.2) is 14.4 Å². The zero-order valence-corrected chi connectivity index (χ0v) is 21.4. The monoisotopic (exact) mass is 497 g/mol. The number of rotatable bonds is 6. The summed E-state index contributed by atoms with van der Waals surface area (Å²) >= 11 is 0. The van der Waals surface area contributed by atoms with E-state index in [9.17, 15) is 14.3 Å². The van der Waals surface area contributed by atoms with Gasteiger partial charge in [0.2, 0.25) is 5.95 Å². The molecule has 0 unspecified atom stereocenters. The number of aromatic nitrogens is 2. The van der Waals surface area contributed by atoms with Crippen LogP contribution in [0.5, 0.6) is 5.75 Å². The van der Waals surface area contributed by atoms with Gasteiger partial charge in [-0.05, 0) is 70.6 Å². The van der Waals surface area contributed by atoms with Crippen molar-refractivity contribution in [1.29, 1.82) is 0 Å². The van der Waals surface area contributed by atoms with Crippen LogP contribution in [-0.4, -0.2) is 76.4 Å². The number of hydrogen-bond donors (Lipinski definition) is 1. The summed E-state index contributed by atoms with van der Waals surface area (Å²) in [7, 11) is 1.53. The van der Waals surface area contributed by atoms with Gasteiger partial charge in [0.25, 0.3) is 5.91 Å². The molecule has 2 saturated carbocycles. The number of amides is 1. The smallest absolute Gasteiger partial charge is 0.273 e. The first-order chi connectivity index (χ1) is 17.3. The van der Waals surface area contributed by atoms with E-state index in [-0.39, 0.29) is 29.8 Å². The Balaban J connectivity index is 1.29. The molecule has 1 aromatic heterocycles. The van der Waals surface area contributed by atoms with E-state index in [4.69, 9.17) is 9.72 Å². The predicted octanol–water partition coefficient (Wildman–Crippen LogP) is 3.64. The van der Waals surface area contributed by atoms with E-state index in [0.29, 0.717) is 55.6 Å². The van der Waals surface area contributed by atoms with Gasteiger partial charge in [0.05, 0.1) is 18.4 Å². The molecule has 3 fully saturated rings. The number of halogens is 1. The van der Waals surface area contributed by atoms with Gasteiger partial charge in [-0.15, -0.1) is 0 Å². The molecule has 194 valence electrons. The van der Waals surface area contributed by atoms with E-state index in [2.05, 4.69) is 16.8 Å². The molecule has 5 rings (SSSR count). The van der Waals surface area contributed by atoms with Gasteiger partial charge in [0.15, 0.2) is 0 Å². The Morgan fingerprint density at radius 1 is 1.17 bits per heavy atom. The molecular weight excluding hydrogens is 461 g/mol. The molecular formula is C27H36FN5O3. The fraction of sp³-hybridized carbons (Fsp3) is 0.593. The van der Waals surface area contributed by atoms with Crippen molar-refractivity contribution in [2.24, 2.45) is 0 Å². The van der Waals surface area contributed by atoms with Gasteiger partial charge in [0.1, 0.15) is 17.3 Å². The zero-order valence-electron chi connectivity index (χ0n) is 21.4. The third kappa shape index (κ3) is 5.12. The second-order valence-electron chi connectivity index (χ2n) is 10.7. The van der Waals surface area contributed by atoms with Gasteiger partial charge in [-0.3, -0.25) is 4.79 Å². The third-order valence-electron chi connectivity index (χ3n) is 7.84. The minimum atomic E-state index is -0.635. The van der Waals surface area contributed by atoms with E-state index in [0.717, 1.165) is 25.7 Å². The van der Waals surface area contributed by atoms with E-state index in [1.54, 1.807) is 24.4 Å². The lowest BCUT2D eigenvalue weighted by atomic mass is 9.83. The molecule has 36 heavy (non-hydrogen) atoms. The number of piperazine rings is 1. The van der Waals surface area contributed by atoms with Gasteiger partial charge in [0, 0.05) is 50.0 Å². The van der Waals surface area contributed by atoms with Crippen molar-refractivity contribution in [1.82, 2.24) is 14.9 Å². The molecule has 8 nitrogen and oxygen atoms in total. The van der Waals surface area contributed by atoms with Crippen LogP contribution in [0.25, 0.3) is 0 Å². The molecule has 1 amide bonds. The number of aliphatic hydroxyl groups is 1. The number of anilines is 2. The summed E-state index contributed by atoms with van der Waals surface area (Å²) in [4.78, 5) is 29.0. The Kier molecular flexibility index (Phi) is 6.76. The summed E-state index contributed by atoms with van der Waals surface area (Å²) in [6.45, 7) is 5.80.